The zero-order valence-electron chi connectivity index (χ0n) is 8.90. The van der Waals surface area contributed by atoms with Gasteiger partial charge in [0.05, 0.1) is 13.2 Å². The monoisotopic (exact) mass is 229 g/mol. The van der Waals surface area contributed by atoms with Gasteiger partial charge in [-0.1, -0.05) is 24.6 Å². The minimum absolute atomic E-state index is 0.0138. The van der Waals surface area contributed by atoms with Gasteiger partial charge in [-0.2, -0.15) is 0 Å². The predicted octanol–water partition coefficient (Wildman–Crippen LogP) is 1.98. The van der Waals surface area contributed by atoms with Crippen LogP contribution in [0, 0.1) is 5.92 Å². The second-order valence-corrected chi connectivity index (χ2v) is 3.98. The smallest absolute Gasteiger partial charge is 0.126 e. The van der Waals surface area contributed by atoms with Gasteiger partial charge in [0.25, 0.3) is 0 Å². The molecule has 0 amide bonds. The van der Waals surface area contributed by atoms with Crippen molar-refractivity contribution in [1.29, 1.82) is 0 Å². The van der Waals surface area contributed by atoms with Gasteiger partial charge < -0.3 is 15.6 Å². The number of aliphatic hydroxyl groups is 1. The summed E-state index contributed by atoms with van der Waals surface area (Å²) in [5, 5.41) is 10.6. The number of benzene rings is 1. The molecule has 15 heavy (non-hydrogen) atoms. The molecule has 1 aromatic carbocycles. The van der Waals surface area contributed by atoms with E-state index < -0.39 is 6.10 Å². The zero-order chi connectivity index (χ0) is 11.4. The summed E-state index contributed by atoms with van der Waals surface area (Å²) in [7, 11) is 1.55. The maximum Gasteiger partial charge on any atom is 0.126 e. The fourth-order valence-corrected chi connectivity index (χ4v) is 1.53. The number of methoxy groups -OCH3 is 1. The summed E-state index contributed by atoms with van der Waals surface area (Å²) in [6.07, 6.45) is -0.623. The van der Waals surface area contributed by atoms with E-state index in [1.54, 1.807) is 25.3 Å². The van der Waals surface area contributed by atoms with Crippen molar-refractivity contribution < 1.29 is 9.84 Å². The summed E-state index contributed by atoms with van der Waals surface area (Å²) in [5.41, 5.74) is 6.23. The molecule has 0 aliphatic carbocycles. The van der Waals surface area contributed by atoms with Crippen LogP contribution in [0.2, 0.25) is 5.02 Å². The first-order valence-electron chi connectivity index (χ1n) is 4.81. The Morgan fingerprint density at radius 2 is 2.20 bits per heavy atom. The normalized spacial score (nSPS) is 14.7. The molecule has 84 valence electrons. The number of hydrogen-bond donors (Lipinski definition) is 2. The van der Waals surface area contributed by atoms with E-state index in [1.807, 2.05) is 6.92 Å². The molecule has 0 saturated carbocycles. The van der Waals surface area contributed by atoms with E-state index in [0.717, 1.165) is 5.56 Å². The molecule has 0 radical (unpaired) electrons. The van der Waals surface area contributed by atoms with Crippen molar-refractivity contribution >= 4 is 11.6 Å². The van der Waals surface area contributed by atoms with Crippen molar-refractivity contribution in [1.82, 2.24) is 0 Å². The molecule has 0 aliphatic heterocycles. The van der Waals surface area contributed by atoms with Crippen LogP contribution in [0.15, 0.2) is 18.2 Å². The quantitative estimate of drug-likeness (QED) is 0.830. The van der Waals surface area contributed by atoms with Crippen LogP contribution in [0.25, 0.3) is 0 Å². The average molecular weight is 230 g/mol. The molecule has 1 aromatic rings. The van der Waals surface area contributed by atoms with Crippen LogP contribution in [0.1, 0.15) is 18.6 Å². The summed E-state index contributed by atoms with van der Waals surface area (Å²) >= 11 is 5.83. The molecule has 0 heterocycles. The molecule has 0 aliphatic rings. The van der Waals surface area contributed by atoms with Gasteiger partial charge in [0, 0.05) is 10.6 Å². The molecule has 1 rings (SSSR count). The lowest BCUT2D eigenvalue weighted by molar-refractivity contribution is 0.118. The highest BCUT2D eigenvalue weighted by Crippen LogP contribution is 2.31. The van der Waals surface area contributed by atoms with E-state index in [9.17, 15) is 5.11 Å². The van der Waals surface area contributed by atoms with Crippen LogP contribution in [0.5, 0.6) is 5.75 Å². The van der Waals surface area contributed by atoms with Gasteiger partial charge in [-0.25, -0.2) is 0 Å². The third-order valence-corrected chi connectivity index (χ3v) is 2.66. The maximum absolute atomic E-state index is 9.99. The fourth-order valence-electron chi connectivity index (χ4n) is 1.36. The first-order chi connectivity index (χ1) is 7.10. The van der Waals surface area contributed by atoms with E-state index in [4.69, 9.17) is 22.1 Å². The lowest BCUT2D eigenvalue weighted by atomic mass is 9.97. The van der Waals surface area contributed by atoms with E-state index >= 15 is 0 Å². The lowest BCUT2D eigenvalue weighted by Gasteiger charge is -2.19. The van der Waals surface area contributed by atoms with E-state index in [-0.39, 0.29) is 5.92 Å². The maximum atomic E-state index is 9.99. The number of hydrogen-bond acceptors (Lipinski definition) is 3. The van der Waals surface area contributed by atoms with Crippen LogP contribution < -0.4 is 10.5 Å². The van der Waals surface area contributed by atoms with Crippen LogP contribution >= 0.6 is 11.6 Å². The second-order valence-electron chi connectivity index (χ2n) is 3.54. The molecule has 2 atom stereocenters. The Bertz CT molecular complexity index is 330. The second kappa shape index (κ2) is 5.35. The first-order valence-corrected chi connectivity index (χ1v) is 5.19. The van der Waals surface area contributed by atoms with Crippen LogP contribution in [-0.4, -0.2) is 18.8 Å². The standard InChI is InChI=1S/C11H16ClNO2/c1-7(6-13)11(14)9-4-3-8(12)5-10(9)15-2/h3-5,7,11,14H,6,13H2,1-2H3. The lowest BCUT2D eigenvalue weighted by Crippen LogP contribution is -2.19. The van der Waals surface area contributed by atoms with Crippen molar-refractivity contribution in [3.8, 4) is 5.75 Å². The summed E-state index contributed by atoms with van der Waals surface area (Å²) < 4.78 is 5.16. The van der Waals surface area contributed by atoms with Crippen molar-refractivity contribution in [3.63, 3.8) is 0 Å². The third-order valence-electron chi connectivity index (χ3n) is 2.42. The van der Waals surface area contributed by atoms with E-state index in [1.165, 1.54) is 0 Å². The van der Waals surface area contributed by atoms with E-state index in [2.05, 4.69) is 0 Å². The molecule has 0 fully saturated rings. The van der Waals surface area contributed by atoms with Gasteiger partial charge >= 0.3 is 0 Å². The molecule has 4 heteroatoms. The van der Waals surface area contributed by atoms with Crippen LogP contribution in [-0.2, 0) is 0 Å². The number of ether oxygens (including phenoxy) is 1. The Balaban J connectivity index is 3.02. The molecule has 2 unspecified atom stereocenters. The van der Waals surface area contributed by atoms with Crippen molar-refractivity contribution in [2.45, 2.75) is 13.0 Å². The number of rotatable bonds is 4. The Morgan fingerprint density at radius 1 is 1.53 bits per heavy atom. The van der Waals surface area contributed by atoms with Gasteiger partial charge in [-0.15, -0.1) is 0 Å². The SMILES string of the molecule is COc1cc(Cl)ccc1C(O)C(C)CN. The van der Waals surface area contributed by atoms with E-state index in [0.29, 0.717) is 17.3 Å². The van der Waals surface area contributed by atoms with Gasteiger partial charge in [0.1, 0.15) is 5.75 Å². The van der Waals surface area contributed by atoms with Gasteiger partial charge in [-0.05, 0) is 24.6 Å². The molecular weight excluding hydrogens is 214 g/mol. The zero-order valence-corrected chi connectivity index (χ0v) is 9.66. The summed E-state index contributed by atoms with van der Waals surface area (Å²) in [4.78, 5) is 0. The number of nitrogens with two attached hydrogens (primary N) is 1. The van der Waals surface area contributed by atoms with Gasteiger partial charge in [0.2, 0.25) is 0 Å². The number of aliphatic hydroxyl groups excluding tert-OH is 1. The summed E-state index contributed by atoms with van der Waals surface area (Å²) in [5.74, 6) is 0.579. The Morgan fingerprint density at radius 3 is 2.73 bits per heavy atom. The average Bonchev–Trinajstić information content (AvgIpc) is 2.26. The minimum atomic E-state index is -0.623. The largest absolute Gasteiger partial charge is 0.496 e. The van der Waals surface area contributed by atoms with Crippen molar-refractivity contribution in [3.05, 3.63) is 28.8 Å². The summed E-state index contributed by atoms with van der Waals surface area (Å²) in [6.45, 7) is 2.31. The molecule has 0 saturated heterocycles. The first kappa shape index (κ1) is 12.3. The molecular formula is C11H16ClNO2. The Hall–Kier alpha value is -0.770. The third kappa shape index (κ3) is 2.84. The number of halogens is 1. The molecule has 0 spiro atoms. The van der Waals surface area contributed by atoms with Crippen molar-refractivity contribution in [2.75, 3.05) is 13.7 Å². The van der Waals surface area contributed by atoms with Gasteiger partial charge in [-0.3, -0.25) is 0 Å². The van der Waals surface area contributed by atoms with Crippen LogP contribution in [0.3, 0.4) is 0 Å². The predicted molar refractivity (Wildman–Crippen MR) is 61.2 cm³/mol. The highest BCUT2D eigenvalue weighted by atomic mass is 35.5. The molecule has 0 bridgehead atoms. The highest BCUT2D eigenvalue weighted by Gasteiger charge is 2.18. The molecule has 0 aromatic heterocycles. The Kier molecular flexibility index (Phi) is 4.39. The fraction of sp³-hybridized carbons (Fsp3) is 0.455. The van der Waals surface area contributed by atoms with Gasteiger partial charge in [0.15, 0.2) is 0 Å². The Labute approximate surface area is 94.8 Å². The minimum Gasteiger partial charge on any atom is -0.496 e. The van der Waals surface area contributed by atoms with Crippen molar-refractivity contribution in [2.24, 2.45) is 11.7 Å². The topological polar surface area (TPSA) is 55.5 Å². The molecule has 3 N–H and O–H groups in total. The van der Waals surface area contributed by atoms with Crippen LogP contribution in [0.4, 0.5) is 0 Å². The summed E-state index contributed by atoms with van der Waals surface area (Å²) in [6, 6.07) is 5.17. The highest BCUT2D eigenvalue weighted by molar-refractivity contribution is 6.30. The molecule has 3 nitrogen and oxygen atoms in total.